The highest BCUT2D eigenvalue weighted by atomic mass is 32.1. The number of nitrogens with zero attached hydrogens (tertiary/aromatic N) is 1. The molecule has 3 nitrogen and oxygen atoms in total. The number of rotatable bonds is 3. The number of ketones is 1. The Bertz CT molecular complexity index is 465. The summed E-state index contributed by atoms with van der Waals surface area (Å²) in [5, 5.41) is 1.89. The smallest absolute Gasteiger partial charge is 0.203 e. The van der Waals surface area contributed by atoms with Crippen LogP contribution in [0.5, 0.6) is 0 Å². The maximum absolute atomic E-state index is 11.9. The van der Waals surface area contributed by atoms with Crippen molar-refractivity contribution >= 4 is 17.1 Å². The van der Waals surface area contributed by atoms with E-state index in [9.17, 15) is 4.79 Å². The van der Waals surface area contributed by atoms with Crippen molar-refractivity contribution in [2.75, 3.05) is 0 Å². The van der Waals surface area contributed by atoms with E-state index in [2.05, 4.69) is 4.98 Å². The zero-order valence-electron chi connectivity index (χ0n) is 8.01. The molecule has 0 aromatic carbocycles. The fourth-order valence-electron chi connectivity index (χ4n) is 1.28. The van der Waals surface area contributed by atoms with Crippen molar-refractivity contribution in [3.05, 3.63) is 52.0 Å². The number of thiophene rings is 1. The molecule has 0 amide bonds. The van der Waals surface area contributed by atoms with Crippen LogP contribution < -0.4 is 5.73 Å². The summed E-state index contributed by atoms with van der Waals surface area (Å²) in [5.41, 5.74) is 6.85. The van der Waals surface area contributed by atoms with Crippen molar-refractivity contribution in [2.45, 2.75) is 6.54 Å². The van der Waals surface area contributed by atoms with E-state index in [1.54, 1.807) is 18.3 Å². The van der Waals surface area contributed by atoms with Gasteiger partial charge in [-0.25, -0.2) is 0 Å². The molecule has 15 heavy (non-hydrogen) atoms. The average Bonchev–Trinajstić information content (AvgIpc) is 2.81. The van der Waals surface area contributed by atoms with Crippen LogP contribution in [0, 0.1) is 0 Å². The molecule has 2 N–H and O–H groups in total. The molecule has 0 saturated carbocycles. The van der Waals surface area contributed by atoms with Crippen LogP contribution in [-0.4, -0.2) is 10.8 Å². The van der Waals surface area contributed by atoms with Crippen LogP contribution in [-0.2, 0) is 6.54 Å². The van der Waals surface area contributed by atoms with Gasteiger partial charge < -0.3 is 5.73 Å². The Morgan fingerprint density at radius 2 is 2.33 bits per heavy atom. The predicted molar refractivity (Wildman–Crippen MR) is 59.9 cm³/mol. The molecule has 0 radical (unpaired) electrons. The molecule has 2 rings (SSSR count). The van der Waals surface area contributed by atoms with E-state index < -0.39 is 0 Å². The molecule has 2 heterocycles. The highest BCUT2D eigenvalue weighted by molar-refractivity contribution is 7.12. The molecular weight excluding hydrogens is 208 g/mol. The van der Waals surface area contributed by atoms with Crippen molar-refractivity contribution in [1.82, 2.24) is 4.98 Å². The predicted octanol–water partition coefficient (Wildman–Crippen LogP) is 1.83. The van der Waals surface area contributed by atoms with Gasteiger partial charge in [-0.3, -0.25) is 9.78 Å². The molecule has 0 aliphatic rings. The van der Waals surface area contributed by atoms with Gasteiger partial charge in [0.1, 0.15) is 0 Å². The van der Waals surface area contributed by atoms with E-state index in [1.807, 2.05) is 17.5 Å². The Morgan fingerprint density at radius 3 is 3.00 bits per heavy atom. The molecular formula is C11H10N2OS. The van der Waals surface area contributed by atoms with Gasteiger partial charge in [-0.15, -0.1) is 11.3 Å². The monoisotopic (exact) mass is 218 g/mol. The maximum Gasteiger partial charge on any atom is 0.203 e. The number of carbonyl (C=O) groups is 1. The summed E-state index contributed by atoms with van der Waals surface area (Å²) in [4.78, 5) is 16.7. The lowest BCUT2D eigenvalue weighted by Gasteiger charge is -2.00. The second-order valence-electron chi connectivity index (χ2n) is 3.05. The zero-order chi connectivity index (χ0) is 10.7. The lowest BCUT2D eigenvalue weighted by molar-refractivity contribution is 0.104. The maximum atomic E-state index is 11.9. The molecule has 76 valence electrons. The lowest BCUT2D eigenvalue weighted by Crippen LogP contribution is -2.04. The Labute approximate surface area is 91.6 Å². The van der Waals surface area contributed by atoms with E-state index in [0.29, 0.717) is 12.1 Å². The van der Waals surface area contributed by atoms with Crippen LogP contribution in [0.1, 0.15) is 20.9 Å². The standard InChI is InChI=1S/C11H10N2OS/c12-7-9-6-8(3-4-13-9)11(14)10-2-1-5-15-10/h1-6H,7,12H2. The number of aromatic nitrogens is 1. The third kappa shape index (κ3) is 2.11. The summed E-state index contributed by atoms with van der Waals surface area (Å²) < 4.78 is 0. The largest absolute Gasteiger partial charge is 0.325 e. The third-order valence-electron chi connectivity index (χ3n) is 2.03. The Morgan fingerprint density at radius 1 is 1.47 bits per heavy atom. The third-order valence-corrected chi connectivity index (χ3v) is 2.90. The lowest BCUT2D eigenvalue weighted by atomic mass is 10.1. The van der Waals surface area contributed by atoms with Gasteiger partial charge in [0.05, 0.1) is 10.6 Å². The van der Waals surface area contributed by atoms with E-state index in [0.717, 1.165) is 10.6 Å². The van der Waals surface area contributed by atoms with Crippen molar-refractivity contribution in [3.63, 3.8) is 0 Å². The Kier molecular flexibility index (Phi) is 2.89. The topological polar surface area (TPSA) is 56.0 Å². The van der Waals surface area contributed by atoms with Crippen LogP contribution in [0.25, 0.3) is 0 Å². The molecule has 2 aromatic heterocycles. The first-order chi connectivity index (χ1) is 7.31. The van der Waals surface area contributed by atoms with E-state index >= 15 is 0 Å². The van der Waals surface area contributed by atoms with Crippen LogP contribution in [0.2, 0.25) is 0 Å². The van der Waals surface area contributed by atoms with Gasteiger partial charge in [0, 0.05) is 18.3 Å². The molecule has 0 unspecified atom stereocenters. The summed E-state index contributed by atoms with van der Waals surface area (Å²) in [6.45, 7) is 0.353. The van der Waals surface area contributed by atoms with Gasteiger partial charge in [0.25, 0.3) is 0 Å². The highest BCUT2D eigenvalue weighted by Gasteiger charge is 2.10. The van der Waals surface area contributed by atoms with Gasteiger partial charge >= 0.3 is 0 Å². The number of hydrogen-bond acceptors (Lipinski definition) is 4. The van der Waals surface area contributed by atoms with E-state index in [-0.39, 0.29) is 5.78 Å². The zero-order valence-corrected chi connectivity index (χ0v) is 8.83. The van der Waals surface area contributed by atoms with E-state index in [4.69, 9.17) is 5.73 Å². The second kappa shape index (κ2) is 4.33. The summed E-state index contributed by atoms with van der Waals surface area (Å²) in [5.74, 6) is 0.0297. The molecule has 4 heteroatoms. The van der Waals surface area contributed by atoms with Crippen LogP contribution in [0.15, 0.2) is 35.8 Å². The first kappa shape index (κ1) is 10.0. The summed E-state index contributed by atoms with van der Waals surface area (Å²) in [6.07, 6.45) is 1.61. The van der Waals surface area contributed by atoms with Crippen LogP contribution >= 0.6 is 11.3 Å². The van der Waals surface area contributed by atoms with Crippen molar-refractivity contribution < 1.29 is 4.79 Å². The van der Waals surface area contributed by atoms with Gasteiger partial charge in [0.15, 0.2) is 0 Å². The van der Waals surface area contributed by atoms with Crippen molar-refractivity contribution in [1.29, 1.82) is 0 Å². The molecule has 0 spiro atoms. The highest BCUT2D eigenvalue weighted by Crippen LogP contribution is 2.15. The summed E-state index contributed by atoms with van der Waals surface area (Å²) in [6, 6.07) is 7.13. The molecule has 0 fully saturated rings. The number of nitrogens with two attached hydrogens (primary N) is 1. The normalized spacial score (nSPS) is 10.2. The van der Waals surface area contributed by atoms with Crippen LogP contribution in [0.4, 0.5) is 0 Å². The first-order valence-electron chi connectivity index (χ1n) is 4.54. The quantitative estimate of drug-likeness (QED) is 0.800. The average molecular weight is 218 g/mol. The number of carbonyl (C=O) groups excluding carboxylic acids is 1. The van der Waals surface area contributed by atoms with Gasteiger partial charge in [-0.05, 0) is 23.6 Å². The first-order valence-corrected chi connectivity index (χ1v) is 5.42. The molecule has 0 atom stereocenters. The van der Waals surface area contributed by atoms with Gasteiger partial charge in [0.2, 0.25) is 5.78 Å². The summed E-state index contributed by atoms with van der Waals surface area (Å²) >= 11 is 1.44. The van der Waals surface area contributed by atoms with Gasteiger partial charge in [-0.2, -0.15) is 0 Å². The molecule has 2 aromatic rings. The minimum Gasteiger partial charge on any atom is -0.325 e. The van der Waals surface area contributed by atoms with Gasteiger partial charge in [-0.1, -0.05) is 6.07 Å². The van der Waals surface area contributed by atoms with Crippen LogP contribution in [0.3, 0.4) is 0 Å². The van der Waals surface area contributed by atoms with Crippen molar-refractivity contribution in [2.24, 2.45) is 5.73 Å². The minimum absolute atomic E-state index is 0.0297. The number of pyridine rings is 1. The molecule has 0 aliphatic heterocycles. The number of hydrogen-bond donors (Lipinski definition) is 1. The fraction of sp³-hybridized carbons (Fsp3) is 0.0909. The minimum atomic E-state index is 0.0297. The Balaban J connectivity index is 2.34. The molecule has 0 aliphatic carbocycles. The second-order valence-corrected chi connectivity index (χ2v) is 3.99. The molecule has 0 bridgehead atoms. The SMILES string of the molecule is NCc1cc(C(=O)c2cccs2)ccn1. The fourth-order valence-corrected chi connectivity index (χ4v) is 1.97. The Hall–Kier alpha value is -1.52. The van der Waals surface area contributed by atoms with Crippen molar-refractivity contribution in [3.8, 4) is 0 Å². The van der Waals surface area contributed by atoms with E-state index in [1.165, 1.54) is 11.3 Å². The summed E-state index contributed by atoms with van der Waals surface area (Å²) in [7, 11) is 0. The molecule has 0 saturated heterocycles.